The van der Waals surface area contributed by atoms with Gasteiger partial charge in [-0.2, -0.15) is 5.10 Å². The van der Waals surface area contributed by atoms with Crippen molar-refractivity contribution in [2.45, 2.75) is 105 Å². The van der Waals surface area contributed by atoms with E-state index in [1.807, 2.05) is 58.4 Å². The van der Waals surface area contributed by atoms with Crippen molar-refractivity contribution in [1.29, 1.82) is 0 Å². The summed E-state index contributed by atoms with van der Waals surface area (Å²) in [6, 6.07) is 0.0744. The van der Waals surface area contributed by atoms with E-state index < -0.39 is 35.0 Å². The Kier molecular flexibility index (Phi) is 5.84. The van der Waals surface area contributed by atoms with Crippen LogP contribution in [0.1, 0.15) is 89.6 Å². The number of Topliss-reactive ketones (excluding diaryl/α,β-unsaturated/α-hetero) is 1. The second kappa shape index (κ2) is 8.39. The molecular formula is C32H44N2O6. The lowest BCUT2D eigenvalue weighted by Crippen LogP contribution is -2.68. The lowest BCUT2D eigenvalue weighted by atomic mass is 9.59. The van der Waals surface area contributed by atoms with Crippen LogP contribution in [0.5, 0.6) is 0 Å². The van der Waals surface area contributed by atoms with Crippen LogP contribution in [0.25, 0.3) is 0 Å². The fraction of sp³-hybridized carbons (Fsp3) is 0.719. The van der Waals surface area contributed by atoms with Crippen molar-refractivity contribution in [3.05, 3.63) is 40.2 Å². The van der Waals surface area contributed by atoms with E-state index in [0.717, 1.165) is 12.0 Å². The van der Waals surface area contributed by atoms with E-state index in [1.54, 1.807) is 6.92 Å². The van der Waals surface area contributed by atoms with Gasteiger partial charge in [0, 0.05) is 12.0 Å². The Morgan fingerprint density at radius 3 is 2.50 bits per heavy atom. The number of rotatable bonds is 3. The van der Waals surface area contributed by atoms with E-state index in [1.165, 1.54) is 0 Å². The van der Waals surface area contributed by atoms with Gasteiger partial charge >= 0.3 is 5.97 Å². The highest BCUT2D eigenvalue weighted by Crippen LogP contribution is 2.72. The van der Waals surface area contributed by atoms with Crippen molar-refractivity contribution in [2.24, 2.45) is 34.5 Å². The number of hydrogen-bond acceptors (Lipinski definition) is 7. The molecule has 6 rings (SSSR count). The second-order valence-electron chi connectivity index (χ2n) is 14.4. The third-order valence-corrected chi connectivity index (χ3v) is 10.9. The number of carbonyl (C=O) groups excluding carboxylic acids is 2. The highest BCUT2D eigenvalue weighted by Gasteiger charge is 2.77. The summed E-state index contributed by atoms with van der Waals surface area (Å²) in [5.41, 5.74) is 0.0430. The van der Waals surface area contributed by atoms with Crippen molar-refractivity contribution >= 4 is 11.8 Å². The third kappa shape index (κ3) is 3.39. The molecule has 2 heterocycles. The Balaban J connectivity index is 1.50. The molecule has 2 unspecified atom stereocenters. The Labute approximate surface area is 237 Å². The summed E-state index contributed by atoms with van der Waals surface area (Å²) in [6.07, 6.45) is 2.80. The van der Waals surface area contributed by atoms with Crippen LogP contribution in [0.2, 0.25) is 0 Å². The summed E-state index contributed by atoms with van der Waals surface area (Å²) in [5.74, 6) is -1.53. The van der Waals surface area contributed by atoms with Gasteiger partial charge in [0.25, 0.3) is 0 Å². The van der Waals surface area contributed by atoms with E-state index in [4.69, 9.17) is 14.2 Å². The topological polar surface area (TPSA) is 99.9 Å². The third-order valence-electron chi connectivity index (χ3n) is 10.9. The van der Waals surface area contributed by atoms with Crippen molar-refractivity contribution in [2.75, 3.05) is 6.61 Å². The van der Waals surface area contributed by atoms with Crippen molar-refractivity contribution in [3.63, 3.8) is 0 Å². The lowest BCUT2D eigenvalue weighted by molar-refractivity contribution is -0.302. The van der Waals surface area contributed by atoms with Crippen molar-refractivity contribution in [1.82, 2.24) is 9.78 Å². The largest absolute Gasteiger partial charge is 0.451 e. The van der Waals surface area contributed by atoms with E-state index in [-0.39, 0.29) is 41.6 Å². The molecule has 0 aromatic carbocycles. The maximum atomic E-state index is 14.8. The zero-order valence-electron chi connectivity index (χ0n) is 25.5. The number of nitrogens with zero attached hydrogens (tertiary/aromatic N) is 2. The molecule has 2 saturated carbocycles. The Bertz CT molecular complexity index is 1370. The predicted octanol–water partition coefficient (Wildman–Crippen LogP) is 4.87. The summed E-state index contributed by atoms with van der Waals surface area (Å²) in [5, 5.41) is 17.8. The standard InChI is InChI=1S/C32H44N2O6/c1-15(2)34-19(6)23(18(5)33-34)28(36)39-26-16(3)13-31-17(4)11-22-24(29(22,7)8)21(25(31)35)12-20-14-38-30(9,10)40-27(20)32(26,31)37/h12-13,15,17,21-22,24,26-27,37H,11,14H2,1-10H3/t17?,21-,22+,24-,26-,27+,31?,32+/m0/s1. The van der Waals surface area contributed by atoms with E-state index in [9.17, 15) is 14.7 Å². The summed E-state index contributed by atoms with van der Waals surface area (Å²) in [4.78, 5) is 28.7. The van der Waals surface area contributed by atoms with E-state index in [0.29, 0.717) is 28.4 Å². The fourth-order valence-corrected chi connectivity index (χ4v) is 8.93. The van der Waals surface area contributed by atoms with Crippen LogP contribution < -0.4 is 0 Å². The molecule has 0 amide bonds. The Morgan fingerprint density at radius 2 is 1.88 bits per heavy atom. The molecule has 1 aliphatic heterocycles. The van der Waals surface area contributed by atoms with E-state index in [2.05, 4.69) is 25.9 Å². The first kappa shape index (κ1) is 27.9. The summed E-state index contributed by atoms with van der Waals surface area (Å²) >= 11 is 0. The van der Waals surface area contributed by atoms with Gasteiger partial charge in [0.05, 0.1) is 23.4 Å². The molecular weight excluding hydrogens is 508 g/mol. The van der Waals surface area contributed by atoms with Crippen LogP contribution in [0.15, 0.2) is 23.3 Å². The van der Waals surface area contributed by atoms with Gasteiger partial charge in [-0.05, 0) is 89.2 Å². The van der Waals surface area contributed by atoms with Crippen LogP contribution >= 0.6 is 0 Å². The van der Waals surface area contributed by atoms with Crippen molar-refractivity contribution in [3.8, 4) is 0 Å². The van der Waals surface area contributed by atoms with Crippen LogP contribution in [0.3, 0.4) is 0 Å². The van der Waals surface area contributed by atoms with Crippen LogP contribution in [0.4, 0.5) is 0 Å². The second-order valence-corrected chi connectivity index (χ2v) is 14.4. The number of aryl methyl sites for hydroxylation is 1. The smallest absolute Gasteiger partial charge is 0.342 e. The quantitative estimate of drug-likeness (QED) is 0.422. The van der Waals surface area contributed by atoms with Crippen molar-refractivity contribution < 1.29 is 28.9 Å². The van der Waals surface area contributed by atoms with Gasteiger partial charge in [-0.1, -0.05) is 32.9 Å². The molecule has 1 aromatic rings. The molecule has 40 heavy (non-hydrogen) atoms. The summed E-state index contributed by atoms with van der Waals surface area (Å²) in [6.45, 7) is 20.0. The average Bonchev–Trinajstić information content (AvgIpc) is 3.16. The van der Waals surface area contributed by atoms with Crippen LogP contribution in [-0.2, 0) is 19.0 Å². The highest BCUT2D eigenvalue weighted by molar-refractivity contribution is 5.96. The molecule has 1 saturated heterocycles. The minimum atomic E-state index is -1.83. The molecule has 5 aliphatic rings. The molecule has 2 bridgehead atoms. The van der Waals surface area contributed by atoms with Gasteiger partial charge < -0.3 is 19.3 Å². The van der Waals surface area contributed by atoms with Gasteiger partial charge in [-0.25, -0.2) is 4.79 Å². The number of carbonyl (C=O) groups is 2. The normalized spacial score (nSPS) is 40.8. The fourth-order valence-electron chi connectivity index (χ4n) is 8.93. The molecule has 218 valence electrons. The van der Waals surface area contributed by atoms with Crippen LogP contribution in [-0.4, -0.2) is 56.8 Å². The number of allylic oxidation sites excluding steroid dienone is 1. The maximum Gasteiger partial charge on any atom is 0.342 e. The van der Waals surface area contributed by atoms with Gasteiger partial charge in [-0.3, -0.25) is 9.48 Å². The summed E-state index contributed by atoms with van der Waals surface area (Å²) in [7, 11) is 0. The van der Waals surface area contributed by atoms with Crippen LogP contribution in [0, 0.1) is 48.3 Å². The lowest BCUT2D eigenvalue weighted by Gasteiger charge is -2.52. The first-order valence-corrected chi connectivity index (χ1v) is 14.7. The van der Waals surface area contributed by atoms with Gasteiger partial charge in [0.15, 0.2) is 23.3 Å². The predicted molar refractivity (Wildman–Crippen MR) is 148 cm³/mol. The molecule has 3 fully saturated rings. The number of esters is 1. The SMILES string of the molecule is CC1=CC23C(=O)[C@@H](C=C4COC(C)(C)O[C@H]4[C@]2(O)[C@H]1OC(=O)c1c(C)nn(C(C)C)c1C)[C@H]1[C@@H](CC3C)C1(C)C. The zero-order valence-corrected chi connectivity index (χ0v) is 25.5. The minimum Gasteiger partial charge on any atom is -0.451 e. The first-order chi connectivity index (χ1) is 18.5. The minimum absolute atomic E-state index is 0.00164. The van der Waals surface area contributed by atoms with E-state index >= 15 is 0 Å². The number of ether oxygens (including phenoxy) is 3. The molecule has 1 spiro atoms. The van der Waals surface area contributed by atoms with Gasteiger partial charge in [0.1, 0.15) is 11.7 Å². The Hall–Kier alpha value is -2.29. The number of hydrogen-bond donors (Lipinski definition) is 1. The molecule has 1 aromatic heterocycles. The number of ketones is 1. The zero-order chi connectivity index (χ0) is 29.3. The number of fused-ring (bicyclic) bond motifs is 5. The monoisotopic (exact) mass is 552 g/mol. The summed E-state index contributed by atoms with van der Waals surface area (Å²) < 4.78 is 20.7. The molecule has 4 aliphatic carbocycles. The van der Waals surface area contributed by atoms with Gasteiger partial charge in [0.2, 0.25) is 0 Å². The molecule has 8 atom stereocenters. The Morgan fingerprint density at radius 1 is 1.20 bits per heavy atom. The maximum absolute atomic E-state index is 14.8. The first-order valence-electron chi connectivity index (χ1n) is 14.7. The average molecular weight is 553 g/mol. The number of aromatic nitrogens is 2. The van der Waals surface area contributed by atoms with Gasteiger partial charge in [-0.15, -0.1) is 0 Å². The molecule has 0 radical (unpaired) electrons. The molecule has 8 nitrogen and oxygen atoms in total. The number of aliphatic hydroxyl groups is 1. The molecule has 8 heteroatoms. The highest BCUT2D eigenvalue weighted by atomic mass is 16.7. The molecule has 1 N–H and O–H groups in total.